The number of nitrogens with one attached hydrogen (secondary N) is 1. The summed E-state index contributed by atoms with van der Waals surface area (Å²) in [6.07, 6.45) is 1.93. The van der Waals surface area contributed by atoms with Crippen molar-refractivity contribution in [1.29, 1.82) is 0 Å². The van der Waals surface area contributed by atoms with Crippen LogP contribution in [0.2, 0.25) is 0 Å². The summed E-state index contributed by atoms with van der Waals surface area (Å²) in [4.78, 5) is 14.4. The molecule has 2 atom stereocenters. The lowest BCUT2D eigenvalue weighted by Crippen LogP contribution is -2.47. The summed E-state index contributed by atoms with van der Waals surface area (Å²) in [7, 11) is 3.19. The molecule has 23 heavy (non-hydrogen) atoms. The van der Waals surface area contributed by atoms with Gasteiger partial charge in [0.1, 0.15) is 11.5 Å². The van der Waals surface area contributed by atoms with Crippen molar-refractivity contribution in [3.63, 3.8) is 0 Å². The second-order valence-electron chi connectivity index (χ2n) is 6.16. The van der Waals surface area contributed by atoms with Crippen molar-refractivity contribution in [2.75, 3.05) is 33.9 Å². The highest BCUT2D eigenvalue weighted by atomic mass is 19.1. The summed E-state index contributed by atoms with van der Waals surface area (Å²) in [6.45, 7) is 1.24. The molecule has 1 aromatic carbocycles. The first-order chi connectivity index (χ1) is 11.1. The quantitative estimate of drug-likeness (QED) is 0.922. The van der Waals surface area contributed by atoms with Gasteiger partial charge in [0.15, 0.2) is 0 Å². The summed E-state index contributed by atoms with van der Waals surface area (Å²) in [5.41, 5.74) is -0.865. The average molecular weight is 322 g/mol. The number of benzene rings is 1. The van der Waals surface area contributed by atoms with E-state index >= 15 is 0 Å². The van der Waals surface area contributed by atoms with Gasteiger partial charge in [0.05, 0.1) is 20.3 Å². The zero-order valence-corrected chi connectivity index (χ0v) is 13.6. The topological polar surface area (TPSA) is 50.8 Å². The van der Waals surface area contributed by atoms with Crippen molar-refractivity contribution >= 4 is 5.91 Å². The fourth-order valence-corrected chi connectivity index (χ4v) is 3.53. The molecule has 5 nitrogen and oxygen atoms in total. The molecular formula is C17H23FN2O3. The highest BCUT2D eigenvalue weighted by Crippen LogP contribution is 2.40. The van der Waals surface area contributed by atoms with Crippen molar-refractivity contribution in [3.8, 4) is 11.5 Å². The molecule has 1 amide bonds. The number of nitrogens with zero attached hydrogens (tertiary/aromatic N) is 1. The molecule has 0 unspecified atom stereocenters. The molecule has 0 bridgehead atoms. The Morgan fingerprint density at radius 1 is 1.39 bits per heavy atom. The van der Waals surface area contributed by atoms with Crippen LogP contribution in [0.25, 0.3) is 0 Å². The first kappa shape index (κ1) is 16.1. The van der Waals surface area contributed by atoms with Gasteiger partial charge >= 0.3 is 0 Å². The van der Waals surface area contributed by atoms with Gasteiger partial charge < -0.3 is 19.7 Å². The maximum Gasteiger partial charge on any atom is 0.262 e. The number of ether oxygens (including phenoxy) is 2. The van der Waals surface area contributed by atoms with E-state index in [1.165, 1.54) is 0 Å². The molecule has 1 N–H and O–H groups in total. The van der Waals surface area contributed by atoms with E-state index in [0.29, 0.717) is 24.6 Å². The van der Waals surface area contributed by atoms with Gasteiger partial charge in [-0.1, -0.05) is 0 Å². The van der Waals surface area contributed by atoms with Crippen molar-refractivity contribution in [1.82, 2.24) is 10.2 Å². The van der Waals surface area contributed by atoms with Gasteiger partial charge in [0, 0.05) is 31.1 Å². The summed E-state index contributed by atoms with van der Waals surface area (Å²) < 4.78 is 25.5. The first-order valence-electron chi connectivity index (χ1n) is 8.02. The Morgan fingerprint density at radius 3 is 2.87 bits per heavy atom. The number of methoxy groups -OCH3 is 2. The number of hydrogen-bond donors (Lipinski definition) is 1. The molecule has 2 fully saturated rings. The second kappa shape index (κ2) is 6.35. The normalized spacial score (nSPS) is 27.3. The second-order valence-corrected chi connectivity index (χ2v) is 6.16. The number of rotatable bonds is 4. The Kier molecular flexibility index (Phi) is 4.43. The summed E-state index contributed by atoms with van der Waals surface area (Å²) in [5.74, 6) is 0.970. The van der Waals surface area contributed by atoms with Crippen LogP contribution in [-0.2, 0) is 4.79 Å². The van der Waals surface area contributed by atoms with Crippen molar-refractivity contribution in [2.24, 2.45) is 0 Å². The van der Waals surface area contributed by atoms with Gasteiger partial charge in [-0.25, -0.2) is 4.39 Å². The van der Waals surface area contributed by atoms with Gasteiger partial charge in [0.25, 0.3) is 5.91 Å². The molecule has 0 spiro atoms. The minimum atomic E-state index is -1.78. The predicted molar refractivity (Wildman–Crippen MR) is 84.6 cm³/mol. The fourth-order valence-electron chi connectivity index (χ4n) is 3.53. The van der Waals surface area contributed by atoms with Gasteiger partial charge in [-0.15, -0.1) is 0 Å². The number of amides is 1. The highest BCUT2D eigenvalue weighted by Gasteiger charge is 2.47. The molecule has 2 aliphatic rings. The van der Waals surface area contributed by atoms with Crippen molar-refractivity contribution in [2.45, 2.75) is 31.0 Å². The largest absolute Gasteiger partial charge is 0.497 e. The Bertz CT molecular complexity index is 587. The number of carbonyl (C=O) groups excluding carboxylic acids is 1. The Hall–Kier alpha value is -1.82. The number of alkyl halides is 1. The lowest BCUT2D eigenvalue weighted by Gasteiger charge is -2.31. The van der Waals surface area contributed by atoms with Crippen LogP contribution >= 0.6 is 0 Å². The summed E-state index contributed by atoms with van der Waals surface area (Å²) >= 11 is 0. The maximum absolute atomic E-state index is 14.8. The van der Waals surface area contributed by atoms with Gasteiger partial charge in [-0.3, -0.25) is 4.79 Å². The Morgan fingerprint density at radius 2 is 2.22 bits per heavy atom. The number of hydrogen-bond acceptors (Lipinski definition) is 4. The van der Waals surface area contributed by atoms with Gasteiger partial charge in [-0.2, -0.15) is 0 Å². The predicted octanol–water partition coefficient (Wildman–Crippen LogP) is 2.07. The molecule has 2 aliphatic heterocycles. The zero-order chi connectivity index (χ0) is 16.4. The van der Waals surface area contributed by atoms with E-state index in [0.717, 1.165) is 18.4 Å². The SMILES string of the molecule is COc1ccc([C@H]2CCCN2C(=O)[C@@]2(F)CCNC2)c(OC)c1. The minimum Gasteiger partial charge on any atom is -0.497 e. The smallest absolute Gasteiger partial charge is 0.262 e. The molecular weight excluding hydrogens is 299 g/mol. The van der Waals surface area contributed by atoms with Crippen LogP contribution in [0.4, 0.5) is 4.39 Å². The van der Waals surface area contributed by atoms with Crippen LogP contribution in [0.15, 0.2) is 18.2 Å². The molecule has 2 heterocycles. The first-order valence-corrected chi connectivity index (χ1v) is 8.02. The Balaban J connectivity index is 1.88. The summed E-state index contributed by atoms with van der Waals surface area (Å²) in [6, 6.07) is 5.42. The van der Waals surface area contributed by atoms with E-state index in [1.807, 2.05) is 12.1 Å². The average Bonchev–Trinajstić information content (AvgIpc) is 3.23. The van der Waals surface area contributed by atoms with E-state index in [1.54, 1.807) is 25.2 Å². The van der Waals surface area contributed by atoms with E-state index in [4.69, 9.17) is 9.47 Å². The number of carbonyl (C=O) groups is 1. The lowest BCUT2D eigenvalue weighted by atomic mass is 9.99. The van der Waals surface area contributed by atoms with Crippen LogP contribution < -0.4 is 14.8 Å². The van der Waals surface area contributed by atoms with E-state index in [-0.39, 0.29) is 19.0 Å². The molecule has 1 aromatic rings. The number of likely N-dealkylation sites (tertiary alicyclic amines) is 1. The third-order valence-corrected chi connectivity index (χ3v) is 4.80. The van der Waals surface area contributed by atoms with Gasteiger partial charge in [-0.05, 0) is 31.5 Å². The summed E-state index contributed by atoms with van der Waals surface area (Å²) in [5, 5.41) is 2.95. The van der Waals surface area contributed by atoms with Crippen LogP contribution in [-0.4, -0.2) is 50.3 Å². The van der Waals surface area contributed by atoms with E-state index < -0.39 is 11.6 Å². The van der Waals surface area contributed by atoms with Crippen molar-refractivity contribution < 1.29 is 18.7 Å². The lowest BCUT2D eigenvalue weighted by molar-refractivity contribution is -0.143. The van der Waals surface area contributed by atoms with E-state index in [9.17, 15) is 9.18 Å². The van der Waals surface area contributed by atoms with Gasteiger partial charge in [0.2, 0.25) is 5.67 Å². The molecule has 6 heteroatoms. The Labute approximate surface area is 135 Å². The minimum absolute atomic E-state index is 0.106. The zero-order valence-electron chi connectivity index (χ0n) is 13.6. The number of halogens is 1. The maximum atomic E-state index is 14.8. The molecule has 0 radical (unpaired) electrons. The standard InChI is InChI=1S/C17H23FN2O3/c1-22-12-5-6-13(15(10-12)23-2)14-4-3-9-20(14)16(21)17(18)7-8-19-11-17/h5-6,10,14,19H,3-4,7-9,11H2,1-2H3/t14-,17-/m1/s1. The molecule has 0 saturated carbocycles. The van der Waals surface area contributed by atoms with Crippen LogP contribution in [0.1, 0.15) is 30.9 Å². The van der Waals surface area contributed by atoms with Crippen molar-refractivity contribution in [3.05, 3.63) is 23.8 Å². The monoisotopic (exact) mass is 322 g/mol. The fraction of sp³-hybridized carbons (Fsp3) is 0.588. The molecule has 2 saturated heterocycles. The molecule has 0 aliphatic carbocycles. The molecule has 3 rings (SSSR count). The van der Waals surface area contributed by atoms with Crippen LogP contribution in [0.3, 0.4) is 0 Å². The highest BCUT2D eigenvalue weighted by molar-refractivity contribution is 5.86. The molecule has 126 valence electrons. The van der Waals surface area contributed by atoms with E-state index in [2.05, 4.69) is 5.32 Å². The van der Waals surface area contributed by atoms with Crippen LogP contribution in [0, 0.1) is 0 Å². The third-order valence-electron chi connectivity index (χ3n) is 4.80. The third kappa shape index (κ3) is 2.87. The van der Waals surface area contributed by atoms with Crippen LogP contribution in [0.5, 0.6) is 11.5 Å². The molecule has 0 aromatic heterocycles.